The van der Waals surface area contributed by atoms with Gasteiger partial charge in [-0.1, -0.05) is 6.07 Å². The summed E-state index contributed by atoms with van der Waals surface area (Å²) in [5, 5.41) is 11.9. The number of carbonyl (C=O) groups is 2. The van der Waals surface area contributed by atoms with Gasteiger partial charge in [0.1, 0.15) is 6.04 Å². The van der Waals surface area contributed by atoms with Gasteiger partial charge in [-0.15, -0.1) is 11.8 Å². The van der Waals surface area contributed by atoms with Crippen molar-refractivity contribution in [3.63, 3.8) is 0 Å². The second-order valence-corrected chi connectivity index (χ2v) is 5.57. The van der Waals surface area contributed by atoms with Crippen LogP contribution in [0.4, 0.5) is 0 Å². The minimum atomic E-state index is -0.863. The van der Waals surface area contributed by atoms with Crippen LogP contribution in [0.1, 0.15) is 10.9 Å². The zero-order valence-corrected chi connectivity index (χ0v) is 12.2. The number of carbonyl (C=O) groups excluding carboxylic acids is 1. The number of carboxylic acid groups (broad SMARTS) is 1. The third kappa shape index (κ3) is 3.79. The number of primary amides is 1. The quantitative estimate of drug-likeness (QED) is 0.695. The molecular weight excluding hydrogens is 296 g/mol. The zero-order chi connectivity index (χ0) is 15.4. The average Bonchev–Trinajstić information content (AvgIpc) is 2.94. The summed E-state index contributed by atoms with van der Waals surface area (Å²) in [4.78, 5) is 21.7. The van der Waals surface area contributed by atoms with E-state index in [1.807, 2.05) is 0 Å². The van der Waals surface area contributed by atoms with Crippen molar-refractivity contribution >= 4 is 23.6 Å². The van der Waals surface area contributed by atoms with Crippen molar-refractivity contribution in [2.45, 2.75) is 11.4 Å². The van der Waals surface area contributed by atoms with Crippen LogP contribution in [0.3, 0.4) is 0 Å². The van der Waals surface area contributed by atoms with Crippen LogP contribution in [-0.4, -0.2) is 42.5 Å². The Bertz CT molecular complexity index is 551. The van der Waals surface area contributed by atoms with Crippen molar-refractivity contribution < 1.29 is 24.2 Å². The first-order chi connectivity index (χ1) is 10.0. The number of aliphatic carboxylic acids is 1. The minimum Gasteiger partial charge on any atom is -0.493 e. The topological polar surface area (TPSA) is 111 Å². The largest absolute Gasteiger partial charge is 0.493 e. The molecule has 1 fully saturated rings. The van der Waals surface area contributed by atoms with Crippen LogP contribution in [0, 0.1) is 0 Å². The van der Waals surface area contributed by atoms with Crippen molar-refractivity contribution in [3.05, 3.63) is 23.8 Å². The molecule has 21 heavy (non-hydrogen) atoms. The van der Waals surface area contributed by atoms with E-state index in [2.05, 4.69) is 5.32 Å². The maximum absolute atomic E-state index is 10.9. The summed E-state index contributed by atoms with van der Waals surface area (Å²) in [5.74, 6) is -0.0491. The molecule has 114 valence electrons. The molecule has 1 heterocycles. The van der Waals surface area contributed by atoms with Crippen molar-refractivity contribution in [3.8, 4) is 11.5 Å². The van der Waals surface area contributed by atoms with E-state index in [-0.39, 0.29) is 12.0 Å². The number of ether oxygens (including phenoxy) is 2. The summed E-state index contributed by atoms with van der Waals surface area (Å²) in [6, 6.07) is 4.67. The highest BCUT2D eigenvalue weighted by molar-refractivity contribution is 7.99. The lowest BCUT2D eigenvalue weighted by Gasteiger charge is -2.15. The predicted molar refractivity (Wildman–Crippen MR) is 77.4 cm³/mol. The number of methoxy groups -OCH3 is 1. The van der Waals surface area contributed by atoms with E-state index in [1.165, 1.54) is 18.9 Å². The zero-order valence-electron chi connectivity index (χ0n) is 11.4. The number of hydrogen-bond acceptors (Lipinski definition) is 6. The first kappa shape index (κ1) is 15.5. The van der Waals surface area contributed by atoms with Gasteiger partial charge >= 0.3 is 5.97 Å². The molecule has 1 aromatic rings. The SMILES string of the molecule is COc1cc([C@@H]2N[C@H](C(=O)O)CS2)ccc1OCC(N)=O. The Labute approximate surface area is 125 Å². The maximum Gasteiger partial charge on any atom is 0.321 e. The van der Waals surface area contributed by atoms with Gasteiger partial charge in [0.15, 0.2) is 18.1 Å². The van der Waals surface area contributed by atoms with E-state index in [9.17, 15) is 9.59 Å². The first-order valence-corrected chi connectivity index (χ1v) is 7.25. The van der Waals surface area contributed by atoms with Gasteiger partial charge in [0.2, 0.25) is 0 Å². The van der Waals surface area contributed by atoms with Crippen molar-refractivity contribution in [1.82, 2.24) is 5.32 Å². The monoisotopic (exact) mass is 312 g/mol. The highest BCUT2D eigenvalue weighted by Crippen LogP contribution is 2.37. The number of benzene rings is 1. The van der Waals surface area contributed by atoms with Crippen LogP contribution in [0.15, 0.2) is 18.2 Å². The second-order valence-electron chi connectivity index (χ2n) is 4.44. The Kier molecular flexibility index (Phi) is 4.92. The number of nitrogens with two attached hydrogens (primary N) is 1. The Morgan fingerprint density at radius 1 is 1.48 bits per heavy atom. The van der Waals surface area contributed by atoms with E-state index in [0.717, 1.165) is 5.56 Å². The molecule has 1 amide bonds. The summed E-state index contributed by atoms with van der Waals surface area (Å²) in [5.41, 5.74) is 5.91. The number of thioether (sulfide) groups is 1. The minimum absolute atomic E-state index is 0.120. The molecule has 4 N–H and O–H groups in total. The van der Waals surface area contributed by atoms with Crippen LogP contribution in [0.2, 0.25) is 0 Å². The van der Waals surface area contributed by atoms with Crippen molar-refractivity contribution in [2.75, 3.05) is 19.5 Å². The number of nitrogens with one attached hydrogen (secondary N) is 1. The van der Waals surface area contributed by atoms with Gasteiger partial charge in [0.05, 0.1) is 12.5 Å². The number of amides is 1. The average molecular weight is 312 g/mol. The van der Waals surface area contributed by atoms with E-state index in [4.69, 9.17) is 20.3 Å². The molecule has 0 radical (unpaired) electrons. The maximum atomic E-state index is 10.9. The van der Waals surface area contributed by atoms with Gasteiger partial charge in [0.25, 0.3) is 5.91 Å². The Morgan fingerprint density at radius 2 is 2.24 bits per heavy atom. The fourth-order valence-corrected chi connectivity index (χ4v) is 3.15. The van der Waals surface area contributed by atoms with E-state index in [1.54, 1.807) is 18.2 Å². The van der Waals surface area contributed by atoms with E-state index >= 15 is 0 Å². The highest BCUT2D eigenvalue weighted by Gasteiger charge is 2.30. The molecule has 0 bridgehead atoms. The molecule has 1 aliphatic heterocycles. The Balaban J connectivity index is 2.12. The second kappa shape index (κ2) is 6.68. The smallest absolute Gasteiger partial charge is 0.321 e. The van der Waals surface area contributed by atoms with Crippen LogP contribution < -0.4 is 20.5 Å². The molecule has 7 nitrogen and oxygen atoms in total. The molecule has 2 atom stereocenters. The number of rotatable bonds is 6. The third-order valence-corrected chi connectivity index (χ3v) is 4.21. The molecule has 0 aliphatic carbocycles. The van der Waals surface area contributed by atoms with Crippen LogP contribution in [-0.2, 0) is 9.59 Å². The van der Waals surface area contributed by atoms with Gasteiger partial charge in [-0.25, -0.2) is 0 Å². The lowest BCUT2D eigenvalue weighted by Crippen LogP contribution is -2.33. The van der Waals surface area contributed by atoms with Crippen molar-refractivity contribution in [1.29, 1.82) is 0 Å². The van der Waals surface area contributed by atoms with E-state index in [0.29, 0.717) is 17.3 Å². The number of hydrogen-bond donors (Lipinski definition) is 3. The fraction of sp³-hybridized carbons (Fsp3) is 0.385. The Morgan fingerprint density at radius 3 is 2.81 bits per heavy atom. The lowest BCUT2D eigenvalue weighted by molar-refractivity contribution is -0.138. The van der Waals surface area contributed by atoms with Crippen LogP contribution in [0.25, 0.3) is 0 Å². The van der Waals surface area contributed by atoms with Gasteiger partial charge in [-0.05, 0) is 17.7 Å². The molecule has 1 saturated heterocycles. The van der Waals surface area contributed by atoms with Gasteiger partial charge in [0, 0.05) is 5.75 Å². The van der Waals surface area contributed by atoms with E-state index < -0.39 is 17.9 Å². The van der Waals surface area contributed by atoms with Crippen LogP contribution >= 0.6 is 11.8 Å². The van der Waals surface area contributed by atoms with Gasteiger partial charge < -0.3 is 20.3 Å². The fourth-order valence-electron chi connectivity index (χ4n) is 1.92. The summed E-state index contributed by atoms with van der Waals surface area (Å²) in [7, 11) is 1.49. The molecule has 1 aliphatic rings. The molecule has 0 spiro atoms. The molecule has 0 saturated carbocycles. The Hall–Kier alpha value is -1.93. The van der Waals surface area contributed by atoms with Gasteiger partial charge in [-0.2, -0.15) is 0 Å². The van der Waals surface area contributed by atoms with Crippen molar-refractivity contribution in [2.24, 2.45) is 5.73 Å². The summed E-state index contributed by atoms with van der Waals surface area (Å²) >= 11 is 1.51. The molecule has 2 rings (SSSR count). The summed E-state index contributed by atoms with van der Waals surface area (Å²) < 4.78 is 10.5. The number of carboxylic acids is 1. The first-order valence-electron chi connectivity index (χ1n) is 6.20. The normalized spacial score (nSPS) is 21.0. The van der Waals surface area contributed by atoms with Crippen LogP contribution in [0.5, 0.6) is 11.5 Å². The molecule has 1 aromatic carbocycles. The third-order valence-electron chi connectivity index (χ3n) is 2.94. The molecule has 0 unspecified atom stereocenters. The highest BCUT2D eigenvalue weighted by atomic mass is 32.2. The van der Waals surface area contributed by atoms with Gasteiger partial charge in [-0.3, -0.25) is 14.9 Å². The standard InChI is InChI=1S/C13H16N2O5S/c1-19-10-4-7(2-3-9(10)20-5-11(14)16)12-15-8(6-21-12)13(17)18/h2-4,8,12,15H,5-6H2,1H3,(H2,14,16)(H,17,18)/t8-,12+/m0/s1. The predicted octanol–water partition coefficient (Wildman–Crippen LogP) is 0.347. The molecule has 8 heteroatoms. The summed E-state index contributed by atoms with van der Waals surface area (Å²) in [6.07, 6.45) is 0. The molecule has 0 aromatic heterocycles. The summed E-state index contributed by atoms with van der Waals surface area (Å²) in [6.45, 7) is -0.229. The lowest BCUT2D eigenvalue weighted by atomic mass is 10.2. The molecular formula is C13H16N2O5S.